The monoisotopic (exact) mass is 353 g/mol. The SMILES string of the molecule is Clc1cc(Cl)c2c(c1)NCC(c1cc(Cl)sc1Cl)O2. The molecule has 0 amide bonds. The van der Waals surface area contributed by atoms with Crippen LogP contribution in [0.2, 0.25) is 18.7 Å². The average molecular weight is 355 g/mol. The fraction of sp³-hybridized carbons (Fsp3) is 0.167. The molecule has 2 aromatic rings. The first-order valence-corrected chi connectivity index (χ1v) is 7.71. The van der Waals surface area contributed by atoms with Gasteiger partial charge in [0.1, 0.15) is 10.4 Å². The maximum Gasteiger partial charge on any atom is 0.162 e. The molecule has 2 nitrogen and oxygen atoms in total. The van der Waals surface area contributed by atoms with Crippen molar-refractivity contribution in [2.24, 2.45) is 0 Å². The largest absolute Gasteiger partial charge is 0.480 e. The maximum atomic E-state index is 6.14. The molecule has 0 bridgehead atoms. The third-order valence-corrected chi connectivity index (χ3v) is 4.79. The van der Waals surface area contributed by atoms with E-state index in [2.05, 4.69) is 5.32 Å². The molecule has 0 saturated carbocycles. The first-order chi connectivity index (χ1) is 9.04. The van der Waals surface area contributed by atoms with E-state index in [0.29, 0.717) is 31.0 Å². The fourth-order valence-corrected chi connectivity index (χ4v) is 4.04. The van der Waals surface area contributed by atoms with E-state index in [1.807, 2.05) is 6.07 Å². The van der Waals surface area contributed by atoms with Gasteiger partial charge in [-0.3, -0.25) is 0 Å². The minimum absolute atomic E-state index is 0.220. The number of thiophene rings is 1. The number of benzene rings is 1. The van der Waals surface area contributed by atoms with Crippen molar-refractivity contribution in [3.8, 4) is 5.75 Å². The molecule has 100 valence electrons. The van der Waals surface area contributed by atoms with Gasteiger partial charge in [-0.15, -0.1) is 11.3 Å². The minimum Gasteiger partial charge on any atom is -0.480 e. The summed E-state index contributed by atoms with van der Waals surface area (Å²) in [6.07, 6.45) is -0.220. The zero-order chi connectivity index (χ0) is 13.6. The zero-order valence-electron chi connectivity index (χ0n) is 9.34. The van der Waals surface area contributed by atoms with Gasteiger partial charge in [0.2, 0.25) is 0 Å². The van der Waals surface area contributed by atoms with Gasteiger partial charge in [-0.05, 0) is 18.2 Å². The lowest BCUT2D eigenvalue weighted by molar-refractivity contribution is 0.211. The van der Waals surface area contributed by atoms with E-state index in [4.69, 9.17) is 51.1 Å². The van der Waals surface area contributed by atoms with E-state index in [1.165, 1.54) is 11.3 Å². The Kier molecular flexibility index (Phi) is 3.76. The summed E-state index contributed by atoms with van der Waals surface area (Å²) in [4.78, 5) is 0. The molecule has 0 spiro atoms. The Balaban J connectivity index is 1.96. The smallest absolute Gasteiger partial charge is 0.162 e. The van der Waals surface area contributed by atoms with Crippen LogP contribution in [-0.4, -0.2) is 6.54 Å². The molecule has 0 saturated heterocycles. The molecular weight excluding hydrogens is 348 g/mol. The molecule has 1 aliphatic heterocycles. The van der Waals surface area contributed by atoms with Crippen LogP contribution in [0, 0.1) is 0 Å². The highest BCUT2D eigenvalue weighted by atomic mass is 35.5. The molecule has 1 atom stereocenters. The highest BCUT2D eigenvalue weighted by molar-refractivity contribution is 7.20. The van der Waals surface area contributed by atoms with Crippen LogP contribution in [0.4, 0.5) is 5.69 Å². The van der Waals surface area contributed by atoms with Crippen LogP contribution >= 0.6 is 57.7 Å². The van der Waals surface area contributed by atoms with Gasteiger partial charge in [0.05, 0.1) is 21.6 Å². The highest BCUT2D eigenvalue weighted by Crippen LogP contribution is 2.44. The lowest BCUT2D eigenvalue weighted by atomic mass is 10.1. The number of hydrogen-bond donors (Lipinski definition) is 1. The topological polar surface area (TPSA) is 21.3 Å². The highest BCUT2D eigenvalue weighted by Gasteiger charge is 2.26. The van der Waals surface area contributed by atoms with Crippen LogP contribution in [-0.2, 0) is 0 Å². The molecule has 1 aromatic heterocycles. The number of fused-ring (bicyclic) bond motifs is 1. The summed E-state index contributed by atoms with van der Waals surface area (Å²) in [6.45, 7) is 0.580. The van der Waals surface area contributed by atoms with E-state index in [0.717, 1.165) is 11.3 Å². The molecule has 2 heterocycles. The van der Waals surface area contributed by atoms with E-state index in [1.54, 1.807) is 12.1 Å². The molecule has 0 aliphatic carbocycles. The number of nitrogens with one attached hydrogen (secondary N) is 1. The standard InChI is InChI=1S/C12H7Cl4NOS/c13-5-1-7(14)11-8(2-5)17-4-9(18-11)6-3-10(15)19-12(6)16/h1-3,9,17H,4H2. The minimum atomic E-state index is -0.220. The second-order valence-electron chi connectivity index (χ2n) is 4.03. The van der Waals surface area contributed by atoms with Crippen LogP contribution in [0.15, 0.2) is 18.2 Å². The second kappa shape index (κ2) is 5.23. The lowest BCUT2D eigenvalue weighted by Crippen LogP contribution is -2.23. The molecule has 3 rings (SSSR count). The molecule has 0 fully saturated rings. The van der Waals surface area contributed by atoms with Crippen LogP contribution in [0.5, 0.6) is 5.75 Å². The van der Waals surface area contributed by atoms with E-state index in [-0.39, 0.29) is 6.10 Å². The van der Waals surface area contributed by atoms with E-state index < -0.39 is 0 Å². The van der Waals surface area contributed by atoms with Gasteiger partial charge in [0.25, 0.3) is 0 Å². The predicted octanol–water partition coefficient (Wildman–Crippen LogP) is 5.91. The molecule has 1 unspecified atom stereocenters. The van der Waals surface area contributed by atoms with Crippen molar-refractivity contribution in [2.75, 3.05) is 11.9 Å². The number of anilines is 1. The van der Waals surface area contributed by atoms with E-state index in [9.17, 15) is 0 Å². The molecule has 0 radical (unpaired) electrons. The maximum absolute atomic E-state index is 6.14. The summed E-state index contributed by atoms with van der Waals surface area (Å²) in [7, 11) is 0. The van der Waals surface area contributed by atoms with Crippen molar-refractivity contribution in [2.45, 2.75) is 6.10 Å². The van der Waals surface area contributed by atoms with Crippen molar-refractivity contribution in [1.82, 2.24) is 0 Å². The summed E-state index contributed by atoms with van der Waals surface area (Å²) >= 11 is 25.5. The predicted molar refractivity (Wildman–Crippen MR) is 82.7 cm³/mol. The summed E-state index contributed by atoms with van der Waals surface area (Å²) in [5.41, 5.74) is 1.65. The molecule has 1 aliphatic rings. The molecule has 1 aromatic carbocycles. The lowest BCUT2D eigenvalue weighted by Gasteiger charge is -2.28. The Morgan fingerprint density at radius 3 is 2.63 bits per heavy atom. The quantitative estimate of drug-likeness (QED) is 0.687. The van der Waals surface area contributed by atoms with Crippen molar-refractivity contribution in [1.29, 1.82) is 0 Å². The summed E-state index contributed by atoms with van der Waals surface area (Å²) < 4.78 is 7.17. The number of ether oxygens (including phenoxy) is 1. The fourth-order valence-electron chi connectivity index (χ4n) is 1.94. The third-order valence-electron chi connectivity index (χ3n) is 2.78. The Labute approximate surface area is 134 Å². The Hall–Kier alpha value is -0.320. The van der Waals surface area contributed by atoms with Gasteiger partial charge in [-0.25, -0.2) is 0 Å². The van der Waals surface area contributed by atoms with Crippen LogP contribution in [0.25, 0.3) is 0 Å². The van der Waals surface area contributed by atoms with Crippen molar-refractivity contribution < 1.29 is 4.74 Å². The molecule has 7 heteroatoms. The number of rotatable bonds is 1. The summed E-state index contributed by atoms with van der Waals surface area (Å²) in [5.74, 6) is 0.584. The van der Waals surface area contributed by atoms with Crippen LogP contribution < -0.4 is 10.1 Å². The first-order valence-electron chi connectivity index (χ1n) is 5.39. The van der Waals surface area contributed by atoms with Crippen molar-refractivity contribution in [3.63, 3.8) is 0 Å². The Morgan fingerprint density at radius 2 is 1.95 bits per heavy atom. The summed E-state index contributed by atoms with van der Waals surface area (Å²) in [5, 5.41) is 4.27. The normalized spacial score (nSPS) is 17.6. The average Bonchev–Trinajstić information content (AvgIpc) is 2.68. The van der Waals surface area contributed by atoms with Crippen molar-refractivity contribution >= 4 is 63.4 Å². The number of halogens is 4. The Bertz CT molecular complexity index is 643. The van der Waals surface area contributed by atoms with Crippen LogP contribution in [0.3, 0.4) is 0 Å². The molecular formula is C12H7Cl4NOS. The van der Waals surface area contributed by atoms with Gasteiger partial charge in [0.15, 0.2) is 5.75 Å². The van der Waals surface area contributed by atoms with Gasteiger partial charge in [-0.1, -0.05) is 46.4 Å². The van der Waals surface area contributed by atoms with Crippen LogP contribution in [0.1, 0.15) is 11.7 Å². The van der Waals surface area contributed by atoms with Gasteiger partial charge in [0, 0.05) is 10.6 Å². The van der Waals surface area contributed by atoms with Crippen molar-refractivity contribution in [3.05, 3.63) is 42.5 Å². The first kappa shape index (κ1) is 13.7. The van der Waals surface area contributed by atoms with Gasteiger partial charge < -0.3 is 10.1 Å². The molecule has 1 N–H and O–H groups in total. The van der Waals surface area contributed by atoms with E-state index >= 15 is 0 Å². The number of hydrogen-bond acceptors (Lipinski definition) is 3. The van der Waals surface area contributed by atoms with Gasteiger partial charge >= 0.3 is 0 Å². The zero-order valence-corrected chi connectivity index (χ0v) is 13.2. The molecule has 19 heavy (non-hydrogen) atoms. The summed E-state index contributed by atoms with van der Waals surface area (Å²) in [6, 6.07) is 5.24. The van der Waals surface area contributed by atoms with Gasteiger partial charge in [-0.2, -0.15) is 0 Å². The second-order valence-corrected chi connectivity index (χ2v) is 7.16. The Morgan fingerprint density at radius 1 is 1.16 bits per heavy atom. The third kappa shape index (κ3) is 2.63.